The Bertz CT molecular complexity index is 1010. The lowest BCUT2D eigenvalue weighted by Crippen LogP contribution is -2.41. The van der Waals surface area contributed by atoms with E-state index >= 15 is 0 Å². The maximum atomic E-state index is 12.5. The summed E-state index contributed by atoms with van der Waals surface area (Å²) in [5, 5.41) is 2.68. The van der Waals surface area contributed by atoms with Crippen molar-refractivity contribution in [1.82, 2.24) is 10.2 Å². The van der Waals surface area contributed by atoms with Crippen molar-refractivity contribution in [3.8, 4) is 5.75 Å². The first-order chi connectivity index (χ1) is 13.8. The summed E-state index contributed by atoms with van der Waals surface area (Å²) in [6.45, 7) is 1.83. The molecular formula is C19H21N3O6S. The van der Waals surface area contributed by atoms with Crippen molar-refractivity contribution in [3.63, 3.8) is 0 Å². The molecule has 1 atom stereocenters. The average Bonchev–Trinajstić information content (AvgIpc) is 2.70. The smallest absolute Gasteiger partial charge is 0.342 e. The van der Waals surface area contributed by atoms with E-state index in [0.717, 1.165) is 5.56 Å². The molecule has 0 aromatic heterocycles. The molecular weight excluding hydrogens is 398 g/mol. The van der Waals surface area contributed by atoms with Crippen LogP contribution in [0.3, 0.4) is 0 Å². The minimum absolute atomic E-state index is 0.00498. The molecule has 10 heteroatoms. The topological polar surface area (TPSA) is 114 Å². The van der Waals surface area contributed by atoms with E-state index in [4.69, 9.17) is 9.47 Å². The highest BCUT2D eigenvalue weighted by molar-refractivity contribution is 7.90. The number of allylic oxidation sites excluding steroid dienone is 2. The summed E-state index contributed by atoms with van der Waals surface area (Å²) < 4.78 is 37.7. The van der Waals surface area contributed by atoms with Crippen LogP contribution in [0.2, 0.25) is 0 Å². The molecule has 0 fully saturated rings. The van der Waals surface area contributed by atoms with E-state index in [0.29, 0.717) is 5.75 Å². The summed E-state index contributed by atoms with van der Waals surface area (Å²) >= 11 is 0. The zero-order valence-electron chi connectivity index (χ0n) is 16.0. The zero-order valence-corrected chi connectivity index (χ0v) is 16.8. The third kappa shape index (κ3) is 4.83. The first kappa shape index (κ1) is 20.6. The van der Waals surface area contributed by atoms with Gasteiger partial charge in [-0.05, 0) is 25.1 Å². The first-order valence-corrected chi connectivity index (χ1v) is 10.5. The monoisotopic (exact) mass is 419 g/mol. The molecule has 29 heavy (non-hydrogen) atoms. The molecule has 0 spiro atoms. The van der Waals surface area contributed by atoms with Gasteiger partial charge in [-0.25, -0.2) is 13.2 Å². The molecule has 2 aliphatic heterocycles. The van der Waals surface area contributed by atoms with Crippen molar-refractivity contribution in [3.05, 3.63) is 53.8 Å². The summed E-state index contributed by atoms with van der Waals surface area (Å²) in [5.74, 6) is -0.815. The molecule has 3 rings (SSSR count). The molecule has 0 saturated heterocycles. The molecule has 0 aliphatic carbocycles. The molecule has 1 amide bonds. The normalized spacial score (nSPS) is 18.1. The first-order valence-electron chi connectivity index (χ1n) is 8.89. The van der Waals surface area contributed by atoms with Crippen molar-refractivity contribution in [2.24, 2.45) is 4.40 Å². The summed E-state index contributed by atoms with van der Waals surface area (Å²) in [7, 11) is -2.10. The third-order valence-corrected chi connectivity index (χ3v) is 5.53. The molecule has 2 heterocycles. The van der Waals surface area contributed by atoms with Crippen LogP contribution in [0.1, 0.15) is 12.5 Å². The van der Waals surface area contributed by atoms with E-state index in [-0.39, 0.29) is 30.3 Å². The molecule has 0 radical (unpaired) electrons. The summed E-state index contributed by atoms with van der Waals surface area (Å²) in [6, 6.07) is 7.23. The number of rotatable bonds is 6. The van der Waals surface area contributed by atoms with Gasteiger partial charge in [-0.2, -0.15) is 0 Å². The Morgan fingerprint density at radius 3 is 2.83 bits per heavy atom. The number of nitrogens with zero attached hydrogens (tertiary/aromatic N) is 2. The zero-order chi connectivity index (χ0) is 21.0. The third-order valence-electron chi connectivity index (χ3n) is 4.38. The summed E-state index contributed by atoms with van der Waals surface area (Å²) in [4.78, 5) is 26.4. The van der Waals surface area contributed by atoms with E-state index in [2.05, 4.69) is 9.71 Å². The van der Waals surface area contributed by atoms with Crippen LogP contribution in [0.5, 0.6) is 5.75 Å². The van der Waals surface area contributed by atoms with Gasteiger partial charge >= 0.3 is 5.97 Å². The molecule has 1 aromatic rings. The highest BCUT2D eigenvalue weighted by Crippen LogP contribution is 2.19. The van der Waals surface area contributed by atoms with E-state index in [1.165, 1.54) is 20.1 Å². The van der Waals surface area contributed by atoms with Gasteiger partial charge in [0.2, 0.25) is 0 Å². The Morgan fingerprint density at radius 2 is 2.07 bits per heavy atom. The predicted molar refractivity (Wildman–Crippen MR) is 106 cm³/mol. The van der Waals surface area contributed by atoms with Gasteiger partial charge in [-0.1, -0.05) is 18.2 Å². The van der Waals surface area contributed by atoms with Gasteiger partial charge in [-0.3, -0.25) is 4.79 Å². The molecule has 9 nitrogen and oxygen atoms in total. The number of sulfonamides is 1. The largest absolute Gasteiger partial charge is 0.496 e. The maximum absolute atomic E-state index is 12.5. The number of para-hydroxylation sites is 1. The molecule has 154 valence electrons. The Morgan fingerprint density at radius 1 is 1.31 bits per heavy atom. The van der Waals surface area contributed by atoms with Crippen molar-refractivity contribution in [1.29, 1.82) is 0 Å². The van der Waals surface area contributed by atoms with Gasteiger partial charge in [-0.15, -0.1) is 4.40 Å². The highest BCUT2D eigenvalue weighted by atomic mass is 32.2. The van der Waals surface area contributed by atoms with Crippen LogP contribution >= 0.6 is 0 Å². The Balaban J connectivity index is 1.64. The fourth-order valence-corrected chi connectivity index (χ4v) is 3.81. The van der Waals surface area contributed by atoms with Crippen LogP contribution < -0.4 is 10.1 Å². The number of benzene rings is 1. The van der Waals surface area contributed by atoms with Crippen LogP contribution in [0.15, 0.2) is 52.6 Å². The van der Waals surface area contributed by atoms with E-state index in [1.54, 1.807) is 23.2 Å². The van der Waals surface area contributed by atoms with E-state index in [9.17, 15) is 18.0 Å². The van der Waals surface area contributed by atoms with Gasteiger partial charge in [0.05, 0.1) is 12.9 Å². The minimum atomic E-state index is -3.64. The number of hydrogen-bond donors (Lipinski definition) is 1. The van der Waals surface area contributed by atoms with Crippen molar-refractivity contribution in [2.45, 2.75) is 19.6 Å². The minimum Gasteiger partial charge on any atom is -0.496 e. The lowest BCUT2D eigenvalue weighted by molar-refractivity contribution is -0.150. The average molecular weight is 419 g/mol. The molecule has 1 N–H and O–H groups in total. The molecule has 1 aromatic carbocycles. The van der Waals surface area contributed by atoms with Crippen LogP contribution in [-0.2, 0) is 30.9 Å². The fraction of sp³-hybridized carbons (Fsp3) is 0.316. The SMILES string of the molecule is COc1ccccc1CNC(=O)[C@@H](C)OC(=O)C1=CC=CN2CCS(=O)(=O)N=C12. The number of amidine groups is 1. The number of esters is 1. The Kier molecular flexibility index (Phi) is 6.02. The van der Waals surface area contributed by atoms with Crippen LogP contribution in [0.4, 0.5) is 0 Å². The molecule has 2 aliphatic rings. The van der Waals surface area contributed by atoms with E-state index < -0.39 is 28.0 Å². The quantitative estimate of drug-likeness (QED) is 0.677. The van der Waals surface area contributed by atoms with Crippen LogP contribution in [-0.4, -0.2) is 56.5 Å². The van der Waals surface area contributed by atoms with Gasteiger partial charge in [0, 0.05) is 24.9 Å². The maximum Gasteiger partial charge on any atom is 0.342 e. The van der Waals surface area contributed by atoms with Crippen molar-refractivity contribution in [2.75, 3.05) is 19.4 Å². The van der Waals surface area contributed by atoms with Gasteiger partial charge in [0.15, 0.2) is 11.9 Å². The molecule has 0 unspecified atom stereocenters. The second-order valence-corrected chi connectivity index (χ2v) is 8.15. The van der Waals surface area contributed by atoms with Gasteiger partial charge in [0.1, 0.15) is 11.3 Å². The van der Waals surface area contributed by atoms with Crippen LogP contribution in [0, 0.1) is 0 Å². The number of nitrogens with one attached hydrogen (secondary N) is 1. The Hall–Kier alpha value is -3.14. The lowest BCUT2D eigenvalue weighted by Gasteiger charge is -2.28. The Labute approximate surface area is 168 Å². The second-order valence-electron chi connectivity index (χ2n) is 6.39. The van der Waals surface area contributed by atoms with Crippen LogP contribution in [0.25, 0.3) is 0 Å². The second kappa shape index (κ2) is 8.48. The number of methoxy groups -OCH3 is 1. The van der Waals surface area contributed by atoms with Gasteiger partial charge in [0.25, 0.3) is 15.9 Å². The number of hydrogen-bond acceptors (Lipinski definition) is 7. The fourth-order valence-electron chi connectivity index (χ4n) is 2.83. The van der Waals surface area contributed by atoms with Gasteiger partial charge < -0.3 is 19.7 Å². The number of amides is 1. The number of ether oxygens (including phenoxy) is 2. The highest BCUT2D eigenvalue weighted by Gasteiger charge is 2.32. The van der Waals surface area contributed by atoms with Crippen molar-refractivity contribution >= 4 is 27.7 Å². The standard InChI is InChI=1S/C19H21N3O6S/c1-13(18(23)20-12-14-6-3-4-8-16(14)27-2)28-19(24)15-7-5-9-22-10-11-29(25,26)21-17(15)22/h3-9,13H,10-12H2,1-2H3,(H,20,23)/t13-/m1/s1. The summed E-state index contributed by atoms with van der Waals surface area (Å²) in [5.41, 5.74) is 0.763. The number of fused-ring (bicyclic) bond motifs is 1. The summed E-state index contributed by atoms with van der Waals surface area (Å²) in [6.07, 6.45) is 3.56. The number of carbonyl (C=O) groups excluding carboxylic acids is 2. The predicted octanol–water partition coefficient (Wildman–Crippen LogP) is 0.741. The molecule has 0 bridgehead atoms. The lowest BCUT2D eigenvalue weighted by atomic mass is 10.1. The van der Waals surface area contributed by atoms with E-state index in [1.807, 2.05) is 18.2 Å². The van der Waals surface area contributed by atoms with Crippen molar-refractivity contribution < 1.29 is 27.5 Å². The number of carbonyl (C=O) groups is 2. The molecule has 0 saturated carbocycles.